The van der Waals surface area contributed by atoms with E-state index in [0.29, 0.717) is 23.3 Å². The largest absolute Gasteiger partial charge is 0.494 e. The summed E-state index contributed by atoms with van der Waals surface area (Å²) < 4.78 is 11.6. The molecular weight excluding hydrogens is 398 g/mol. The highest BCUT2D eigenvalue weighted by atomic mass is 79.9. The molecule has 26 heavy (non-hydrogen) atoms. The second kappa shape index (κ2) is 8.19. The number of fused-ring (bicyclic) bond motifs is 1. The third kappa shape index (κ3) is 4.32. The predicted molar refractivity (Wildman–Crippen MR) is 105 cm³/mol. The van der Waals surface area contributed by atoms with Gasteiger partial charge in [-0.1, -0.05) is 29.3 Å². The second-order valence-corrected chi connectivity index (χ2v) is 6.73. The molecule has 0 aliphatic carbocycles. The average Bonchev–Trinajstić information content (AvgIpc) is 2.63. The molecule has 0 bridgehead atoms. The van der Waals surface area contributed by atoms with E-state index >= 15 is 0 Å². The topological polar surface area (TPSA) is 68.5 Å². The van der Waals surface area contributed by atoms with Crippen molar-refractivity contribution < 1.29 is 13.9 Å². The van der Waals surface area contributed by atoms with Gasteiger partial charge in [0, 0.05) is 15.5 Å². The molecule has 3 rings (SSSR count). The summed E-state index contributed by atoms with van der Waals surface area (Å²) in [5.74, 6) is 0.229. The minimum atomic E-state index is -0.670. The number of amides is 1. The molecule has 1 N–H and O–H groups in total. The SMILES string of the molecule is CCCCOc1ccc(NC(=O)c2cc3cc(Br)ccc3oc2=O)cc1. The van der Waals surface area contributed by atoms with E-state index in [1.807, 2.05) is 0 Å². The van der Waals surface area contributed by atoms with Crippen molar-refractivity contribution in [3.05, 3.63) is 69.0 Å². The van der Waals surface area contributed by atoms with Crippen LogP contribution in [0.1, 0.15) is 30.1 Å². The van der Waals surface area contributed by atoms with Crippen LogP contribution in [0.25, 0.3) is 11.0 Å². The Hall–Kier alpha value is -2.60. The first-order valence-corrected chi connectivity index (χ1v) is 9.14. The molecule has 1 aromatic heterocycles. The maximum absolute atomic E-state index is 12.4. The van der Waals surface area contributed by atoms with E-state index in [4.69, 9.17) is 9.15 Å². The molecule has 0 fully saturated rings. The van der Waals surface area contributed by atoms with E-state index in [1.54, 1.807) is 42.5 Å². The van der Waals surface area contributed by atoms with Crippen LogP contribution in [-0.4, -0.2) is 12.5 Å². The van der Waals surface area contributed by atoms with Gasteiger partial charge in [-0.15, -0.1) is 0 Å². The number of rotatable bonds is 6. The zero-order chi connectivity index (χ0) is 18.5. The number of benzene rings is 2. The molecule has 0 saturated carbocycles. The summed E-state index contributed by atoms with van der Waals surface area (Å²) in [6.45, 7) is 2.76. The van der Waals surface area contributed by atoms with E-state index in [9.17, 15) is 9.59 Å². The van der Waals surface area contributed by atoms with Gasteiger partial charge < -0.3 is 14.5 Å². The van der Waals surface area contributed by atoms with Gasteiger partial charge in [-0.2, -0.15) is 0 Å². The fourth-order valence-corrected chi connectivity index (χ4v) is 2.80. The van der Waals surface area contributed by atoms with Gasteiger partial charge in [-0.05, 0) is 55.0 Å². The van der Waals surface area contributed by atoms with Crippen molar-refractivity contribution in [1.29, 1.82) is 0 Å². The molecule has 0 aliphatic rings. The van der Waals surface area contributed by atoms with Crippen LogP contribution in [0.3, 0.4) is 0 Å². The fourth-order valence-electron chi connectivity index (χ4n) is 2.42. The average molecular weight is 416 g/mol. The maximum Gasteiger partial charge on any atom is 0.349 e. The predicted octanol–water partition coefficient (Wildman–Crippen LogP) is 4.99. The summed E-state index contributed by atoms with van der Waals surface area (Å²) in [4.78, 5) is 24.5. The molecule has 0 spiro atoms. The molecule has 6 heteroatoms. The summed E-state index contributed by atoms with van der Waals surface area (Å²) in [5.41, 5.74) is 0.297. The number of halogens is 1. The van der Waals surface area contributed by atoms with E-state index in [0.717, 1.165) is 23.1 Å². The summed E-state index contributed by atoms with van der Waals surface area (Å²) in [6, 6.07) is 13.8. The minimum Gasteiger partial charge on any atom is -0.494 e. The number of unbranched alkanes of at least 4 members (excludes halogenated alkanes) is 1. The smallest absolute Gasteiger partial charge is 0.349 e. The molecule has 5 nitrogen and oxygen atoms in total. The first kappa shape index (κ1) is 18.2. The lowest BCUT2D eigenvalue weighted by Crippen LogP contribution is -2.20. The molecule has 1 heterocycles. The van der Waals surface area contributed by atoms with Gasteiger partial charge in [0.05, 0.1) is 6.61 Å². The first-order valence-electron chi connectivity index (χ1n) is 8.34. The lowest BCUT2D eigenvalue weighted by Gasteiger charge is -2.08. The number of carbonyl (C=O) groups excluding carboxylic acids is 1. The van der Waals surface area contributed by atoms with Crippen molar-refractivity contribution in [2.75, 3.05) is 11.9 Å². The van der Waals surface area contributed by atoms with E-state index in [2.05, 4.69) is 28.2 Å². The number of anilines is 1. The van der Waals surface area contributed by atoms with Crippen molar-refractivity contribution in [2.45, 2.75) is 19.8 Å². The van der Waals surface area contributed by atoms with Gasteiger partial charge in [0.1, 0.15) is 16.9 Å². The standard InChI is InChI=1S/C20H18BrNO4/c1-2-3-10-25-16-7-5-15(6-8-16)22-19(23)17-12-13-11-14(21)4-9-18(13)26-20(17)24/h4-9,11-12H,2-3,10H2,1H3,(H,22,23). The van der Waals surface area contributed by atoms with Gasteiger partial charge in [-0.25, -0.2) is 4.79 Å². The van der Waals surface area contributed by atoms with Crippen molar-refractivity contribution in [1.82, 2.24) is 0 Å². The lowest BCUT2D eigenvalue weighted by molar-refractivity contribution is 0.102. The van der Waals surface area contributed by atoms with Gasteiger partial charge in [-0.3, -0.25) is 4.79 Å². The zero-order valence-corrected chi connectivity index (χ0v) is 15.8. The number of hydrogen-bond donors (Lipinski definition) is 1. The van der Waals surface area contributed by atoms with Crippen molar-refractivity contribution in [3.8, 4) is 5.75 Å². The molecule has 2 aromatic carbocycles. The Morgan fingerprint density at radius 1 is 1.15 bits per heavy atom. The van der Waals surface area contributed by atoms with E-state index in [1.165, 1.54) is 6.07 Å². The Kier molecular flexibility index (Phi) is 5.73. The van der Waals surface area contributed by atoms with Gasteiger partial charge >= 0.3 is 5.63 Å². The molecule has 0 aliphatic heterocycles. The summed E-state index contributed by atoms with van der Waals surface area (Å²) in [6.07, 6.45) is 2.06. The normalized spacial score (nSPS) is 10.7. The van der Waals surface area contributed by atoms with E-state index in [-0.39, 0.29) is 5.56 Å². The van der Waals surface area contributed by atoms with Gasteiger partial charge in [0.15, 0.2) is 0 Å². The Morgan fingerprint density at radius 2 is 1.92 bits per heavy atom. The highest BCUT2D eigenvalue weighted by Crippen LogP contribution is 2.20. The molecule has 0 saturated heterocycles. The van der Waals surface area contributed by atoms with Crippen LogP contribution in [0, 0.1) is 0 Å². The number of nitrogens with one attached hydrogen (secondary N) is 1. The Labute approximate surface area is 159 Å². The van der Waals surface area contributed by atoms with Gasteiger partial charge in [0.2, 0.25) is 0 Å². The molecular formula is C20H18BrNO4. The fraction of sp³-hybridized carbons (Fsp3) is 0.200. The zero-order valence-electron chi connectivity index (χ0n) is 14.3. The highest BCUT2D eigenvalue weighted by Gasteiger charge is 2.14. The van der Waals surface area contributed by atoms with E-state index < -0.39 is 11.5 Å². The van der Waals surface area contributed by atoms with Crippen LogP contribution in [0.2, 0.25) is 0 Å². The number of carbonyl (C=O) groups is 1. The number of ether oxygens (including phenoxy) is 1. The van der Waals surface area contributed by atoms with Crippen LogP contribution >= 0.6 is 15.9 Å². The van der Waals surface area contributed by atoms with Gasteiger partial charge in [0.25, 0.3) is 5.91 Å². The molecule has 0 radical (unpaired) electrons. The van der Waals surface area contributed by atoms with Crippen LogP contribution in [-0.2, 0) is 0 Å². The molecule has 1 amide bonds. The monoisotopic (exact) mass is 415 g/mol. The Balaban J connectivity index is 1.76. The lowest BCUT2D eigenvalue weighted by atomic mass is 10.1. The first-order chi connectivity index (χ1) is 12.6. The van der Waals surface area contributed by atoms with Crippen molar-refractivity contribution in [2.24, 2.45) is 0 Å². The van der Waals surface area contributed by atoms with Crippen LogP contribution in [0.5, 0.6) is 5.75 Å². The molecule has 0 unspecified atom stereocenters. The number of hydrogen-bond acceptors (Lipinski definition) is 4. The third-order valence-electron chi connectivity index (χ3n) is 3.82. The van der Waals surface area contributed by atoms with Crippen LogP contribution in [0.4, 0.5) is 5.69 Å². The van der Waals surface area contributed by atoms with Crippen LogP contribution < -0.4 is 15.7 Å². The maximum atomic E-state index is 12.4. The third-order valence-corrected chi connectivity index (χ3v) is 4.31. The summed E-state index contributed by atoms with van der Waals surface area (Å²) in [5, 5.41) is 3.38. The molecule has 134 valence electrons. The van der Waals surface area contributed by atoms with Crippen molar-refractivity contribution >= 4 is 38.5 Å². The van der Waals surface area contributed by atoms with Crippen molar-refractivity contribution in [3.63, 3.8) is 0 Å². The summed E-state index contributed by atoms with van der Waals surface area (Å²) in [7, 11) is 0. The molecule has 3 aromatic rings. The second-order valence-electron chi connectivity index (χ2n) is 5.81. The van der Waals surface area contributed by atoms with Crippen LogP contribution in [0.15, 0.2) is 62.2 Å². The Bertz CT molecular complexity index is 979. The quantitative estimate of drug-likeness (QED) is 0.454. The Morgan fingerprint density at radius 3 is 2.65 bits per heavy atom. The minimum absolute atomic E-state index is 0.0427. The summed E-state index contributed by atoms with van der Waals surface area (Å²) >= 11 is 3.36. The highest BCUT2D eigenvalue weighted by molar-refractivity contribution is 9.10. The molecule has 0 atom stereocenters.